The van der Waals surface area contributed by atoms with Crippen molar-refractivity contribution in [2.24, 2.45) is 0 Å². The number of methoxy groups -OCH3 is 1. The molecule has 5 atom stereocenters. The molecule has 13 nitrogen and oxygen atoms in total. The highest BCUT2D eigenvalue weighted by Crippen LogP contribution is 2.53. The van der Waals surface area contributed by atoms with Crippen LogP contribution in [-0.4, -0.2) is 61.7 Å². The number of benzene rings is 2. The van der Waals surface area contributed by atoms with Gasteiger partial charge in [0, 0.05) is 20.8 Å². The molecule has 1 fully saturated rings. The zero-order valence-electron chi connectivity index (χ0n) is 23.5. The average Bonchev–Trinajstić information content (AvgIpc) is 2.95. The van der Waals surface area contributed by atoms with Crippen molar-refractivity contribution in [3.63, 3.8) is 0 Å². The summed E-state index contributed by atoms with van der Waals surface area (Å²) in [6.07, 6.45) is -8.24. The molecule has 0 bridgehead atoms. The lowest BCUT2D eigenvalue weighted by Gasteiger charge is -2.44. The molecule has 1 aliphatic rings. The fraction of sp³-hybridized carbons (Fsp3) is 0.429. The quantitative estimate of drug-likeness (QED) is 0.184. The number of carbonyl (C=O) groups is 4. The standard InChI is InChI=1S/C28H33O13P/c1-18(29)37-25-23(15-24(32)34-4)40-28(27(39-20(3)31)26(25)38-19(2)30)41-42(33,35-16-21-11-7-5-8-12-21)36-17-22-13-9-6-10-14-22/h5-14,23,25-28H,15-17H2,1-4H3/t23-,25?,26+,27+,28?/m0/s1. The number of phosphoric acid groups is 1. The zero-order valence-corrected chi connectivity index (χ0v) is 24.4. The summed E-state index contributed by atoms with van der Waals surface area (Å²) in [5.41, 5.74) is 1.28. The minimum absolute atomic E-state index is 0.201. The molecule has 1 aliphatic heterocycles. The van der Waals surface area contributed by atoms with Gasteiger partial charge in [0.2, 0.25) is 6.29 Å². The number of ether oxygens (including phenoxy) is 5. The summed E-state index contributed by atoms with van der Waals surface area (Å²) in [6, 6.07) is 17.5. The minimum Gasteiger partial charge on any atom is -0.469 e. The number of esters is 4. The van der Waals surface area contributed by atoms with Gasteiger partial charge in [-0.2, -0.15) is 0 Å². The molecule has 2 aromatic carbocycles. The largest absolute Gasteiger partial charge is 0.477 e. The predicted octanol–water partition coefficient (Wildman–Crippen LogP) is 3.63. The van der Waals surface area contributed by atoms with Crippen LogP contribution in [0.2, 0.25) is 0 Å². The van der Waals surface area contributed by atoms with E-state index in [9.17, 15) is 23.7 Å². The normalized spacial score (nSPS) is 22.0. The van der Waals surface area contributed by atoms with E-state index in [0.29, 0.717) is 11.1 Å². The van der Waals surface area contributed by atoms with E-state index in [-0.39, 0.29) is 13.2 Å². The Morgan fingerprint density at radius 1 is 0.714 bits per heavy atom. The molecule has 2 unspecified atom stereocenters. The van der Waals surface area contributed by atoms with E-state index in [2.05, 4.69) is 0 Å². The fourth-order valence-corrected chi connectivity index (χ4v) is 5.27. The maximum absolute atomic E-state index is 14.1. The first-order valence-corrected chi connectivity index (χ1v) is 14.3. The van der Waals surface area contributed by atoms with Crippen LogP contribution in [-0.2, 0) is 74.2 Å². The molecule has 0 aromatic heterocycles. The average molecular weight is 609 g/mol. The molecule has 0 radical (unpaired) electrons. The van der Waals surface area contributed by atoms with Crippen LogP contribution in [0.5, 0.6) is 0 Å². The second-order valence-corrected chi connectivity index (χ2v) is 10.7. The topological polar surface area (TPSA) is 159 Å². The van der Waals surface area contributed by atoms with Crippen molar-refractivity contribution in [2.75, 3.05) is 7.11 Å². The van der Waals surface area contributed by atoms with E-state index in [4.69, 9.17) is 37.3 Å². The number of rotatable bonds is 13. The van der Waals surface area contributed by atoms with Crippen molar-refractivity contribution in [2.45, 2.75) is 71.1 Å². The summed E-state index contributed by atoms with van der Waals surface area (Å²) in [5, 5.41) is 0. The monoisotopic (exact) mass is 608 g/mol. The van der Waals surface area contributed by atoms with Crippen LogP contribution in [0.3, 0.4) is 0 Å². The second kappa shape index (κ2) is 15.6. The molecular formula is C28H33O13P. The van der Waals surface area contributed by atoms with Gasteiger partial charge in [-0.3, -0.25) is 32.7 Å². The molecule has 0 amide bonds. The summed E-state index contributed by atoms with van der Waals surface area (Å²) in [4.78, 5) is 48.4. The van der Waals surface area contributed by atoms with Gasteiger partial charge in [0.1, 0.15) is 6.10 Å². The van der Waals surface area contributed by atoms with Crippen molar-refractivity contribution >= 4 is 31.7 Å². The van der Waals surface area contributed by atoms with Gasteiger partial charge < -0.3 is 23.7 Å². The lowest BCUT2D eigenvalue weighted by atomic mass is 9.96. The highest BCUT2D eigenvalue weighted by molar-refractivity contribution is 7.48. The molecule has 0 saturated carbocycles. The molecule has 0 N–H and O–H groups in total. The third-order valence-electron chi connectivity index (χ3n) is 5.79. The number of hydrogen-bond donors (Lipinski definition) is 0. The van der Waals surface area contributed by atoms with Gasteiger partial charge in [0.25, 0.3) is 0 Å². The minimum atomic E-state index is -4.56. The molecule has 42 heavy (non-hydrogen) atoms. The molecule has 2 aromatic rings. The molecule has 3 rings (SSSR count). The van der Waals surface area contributed by atoms with Crippen molar-refractivity contribution < 1.29 is 61.0 Å². The Bertz CT molecular complexity index is 1210. The first kappa shape index (κ1) is 32.9. The van der Waals surface area contributed by atoms with Crippen LogP contribution < -0.4 is 0 Å². The Balaban J connectivity index is 1.99. The molecule has 14 heteroatoms. The van der Waals surface area contributed by atoms with Crippen LogP contribution in [0, 0.1) is 0 Å². The van der Waals surface area contributed by atoms with Crippen molar-refractivity contribution in [3.8, 4) is 0 Å². The van der Waals surface area contributed by atoms with Crippen molar-refractivity contribution in [3.05, 3.63) is 71.8 Å². The Hall–Kier alpha value is -3.61. The van der Waals surface area contributed by atoms with E-state index in [0.717, 1.165) is 27.9 Å². The van der Waals surface area contributed by atoms with Gasteiger partial charge in [-0.25, -0.2) is 4.57 Å². The van der Waals surface area contributed by atoms with Crippen LogP contribution in [0.25, 0.3) is 0 Å². The first-order valence-electron chi connectivity index (χ1n) is 12.9. The third-order valence-corrected chi connectivity index (χ3v) is 7.15. The van der Waals surface area contributed by atoms with E-state index in [1.165, 1.54) is 0 Å². The van der Waals surface area contributed by atoms with Gasteiger partial charge in [-0.1, -0.05) is 60.7 Å². The smallest absolute Gasteiger partial charge is 0.469 e. The summed E-state index contributed by atoms with van der Waals surface area (Å²) >= 11 is 0. The van der Waals surface area contributed by atoms with Gasteiger partial charge in [-0.15, -0.1) is 0 Å². The van der Waals surface area contributed by atoms with Gasteiger partial charge in [0.15, 0.2) is 18.3 Å². The van der Waals surface area contributed by atoms with Crippen LogP contribution in [0.15, 0.2) is 60.7 Å². The van der Waals surface area contributed by atoms with E-state index in [1.807, 2.05) is 0 Å². The van der Waals surface area contributed by atoms with E-state index in [1.54, 1.807) is 60.7 Å². The third kappa shape index (κ3) is 10.0. The van der Waals surface area contributed by atoms with Crippen molar-refractivity contribution in [1.82, 2.24) is 0 Å². The predicted molar refractivity (Wildman–Crippen MR) is 143 cm³/mol. The maximum atomic E-state index is 14.1. The lowest BCUT2D eigenvalue weighted by molar-refractivity contribution is -0.287. The molecule has 1 heterocycles. The molecular weight excluding hydrogens is 575 g/mol. The second-order valence-electron chi connectivity index (χ2n) is 9.12. The SMILES string of the molecule is COC(=O)C[C@@H]1OC(OP(=O)(OCc2ccccc2)OCc2ccccc2)[C@H](OC(C)=O)[C@H](OC(C)=O)C1OC(C)=O. The number of hydrogen-bond acceptors (Lipinski definition) is 13. The summed E-state index contributed by atoms with van der Waals surface area (Å²) in [5.74, 6) is -3.27. The number of phosphoric ester groups is 1. The summed E-state index contributed by atoms with van der Waals surface area (Å²) in [7, 11) is -3.42. The maximum Gasteiger partial charge on any atom is 0.477 e. The lowest BCUT2D eigenvalue weighted by Crippen LogP contribution is -2.62. The van der Waals surface area contributed by atoms with Gasteiger partial charge >= 0.3 is 31.7 Å². The summed E-state index contributed by atoms with van der Waals surface area (Å²) < 4.78 is 57.8. The molecule has 0 spiro atoms. The summed E-state index contributed by atoms with van der Waals surface area (Å²) in [6.45, 7) is 2.83. The van der Waals surface area contributed by atoms with E-state index < -0.39 is 68.8 Å². The first-order chi connectivity index (χ1) is 20.0. The Morgan fingerprint density at radius 2 is 1.17 bits per heavy atom. The van der Waals surface area contributed by atoms with Gasteiger partial charge in [0.05, 0.1) is 26.7 Å². The molecule has 228 valence electrons. The van der Waals surface area contributed by atoms with E-state index >= 15 is 0 Å². The highest BCUT2D eigenvalue weighted by atomic mass is 31.2. The van der Waals surface area contributed by atoms with Crippen LogP contribution in [0.1, 0.15) is 38.3 Å². The van der Waals surface area contributed by atoms with Crippen LogP contribution in [0.4, 0.5) is 0 Å². The highest BCUT2D eigenvalue weighted by Gasteiger charge is 2.55. The zero-order chi connectivity index (χ0) is 30.7. The molecule has 0 aliphatic carbocycles. The van der Waals surface area contributed by atoms with Crippen LogP contribution >= 0.6 is 7.82 Å². The number of carbonyl (C=O) groups excluding carboxylic acids is 4. The fourth-order valence-electron chi connectivity index (χ4n) is 4.03. The Kier molecular flexibility index (Phi) is 12.2. The van der Waals surface area contributed by atoms with Gasteiger partial charge in [-0.05, 0) is 11.1 Å². The Morgan fingerprint density at radius 3 is 1.62 bits per heavy atom. The van der Waals surface area contributed by atoms with Crippen molar-refractivity contribution in [1.29, 1.82) is 0 Å². The Labute approximate surface area is 242 Å². The molecule has 1 saturated heterocycles.